The van der Waals surface area contributed by atoms with Crippen LogP contribution in [0, 0.1) is 0 Å². The third-order valence-electron chi connectivity index (χ3n) is 2.24. The second kappa shape index (κ2) is 6.48. The quantitative estimate of drug-likeness (QED) is 0.630. The van der Waals surface area contributed by atoms with Crippen LogP contribution in [0.25, 0.3) is 0 Å². The Morgan fingerprint density at radius 3 is 2.00 bits per heavy atom. The molecule has 0 amide bonds. The van der Waals surface area contributed by atoms with Gasteiger partial charge in [-0.15, -0.1) is 0 Å². The molecule has 0 spiro atoms. The van der Waals surface area contributed by atoms with Crippen molar-refractivity contribution in [3.63, 3.8) is 0 Å². The summed E-state index contributed by atoms with van der Waals surface area (Å²) in [6.07, 6.45) is 0. The van der Waals surface area contributed by atoms with Gasteiger partial charge < -0.3 is 5.73 Å². The minimum absolute atomic E-state index is 0.0336. The largest absolute Gasteiger partial charge is 0.398 e. The lowest BCUT2D eigenvalue weighted by molar-refractivity contribution is 0.103. The van der Waals surface area contributed by atoms with Crippen LogP contribution in [0.1, 0.15) is 29.8 Å². The van der Waals surface area contributed by atoms with Crippen molar-refractivity contribution in [2.45, 2.75) is 13.8 Å². The number of para-hydroxylation sites is 1. The van der Waals surface area contributed by atoms with E-state index in [2.05, 4.69) is 0 Å². The summed E-state index contributed by atoms with van der Waals surface area (Å²) < 4.78 is 0. The zero-order valence-electron chi connectivity index (χ0n) is 10.2. The molecular formula is C15H17NO. The molecule has 0 aliphatic carbocycles. The van der Waals surface area contributed by atoms with Crippen molar-refractivity contribution in [3.05, 3.63) is 65.7 Å². The van der Waals surface area contributed by atoms with Crippen molar-refractivity contribution in [1.29, 1.82) is 0 Å². The van der Waals surface area contributed by atoms with Crippen LogP contribution < -0.4 is 5.73 Å². The highest BCUT2D eigenvalue weighted by atomic mass is 16.1. The molecule has 0 aliphatic rings. The maximum atomic E-state index is 12.0. The SMILES string of the molecule is CC.Nc1ccccc1C(=O)c1ccccc1. The van der Waals surface area contributed by atoms with Crippen LogP contribution >= 0.6 is 0 Å². The molecule has 0 aliphatic heterocycles. The van der Waals surface area contributed by atoms with Crippen molar-refractivity contribution in [2.75, 3.05) is 5.73 Å². The topological polar surface area (TPSA) is 43.1 Å². The molecule has 2 nitrogen and oxygen atoms in total. The zero-order valence-corrected chi connectivity index (χ0v) is 10.2. The minimum Gasteiger partial charge on any atom is -0.398 e. The molecule has 17 heavy (non-hydrogen) atoms. The average molecular weight is 227 g/mol. The molecule has 0 heterocycles. The first-order valence-corrected chi connectivity index (χ1v) is 5.73. The Bertz CT molecular complexity index is 477. The van der Waals surface area contributed by atoms with Gasteiger partial charge in [-0.3, -0.25) is 4.79 Å². The van der Waals surface area contributed by atoms with Gasteiger partial charge in [0.05, 0.1) is 0 Å². The van der Waals surface area contributed by atoms with Gasteiger partial charge in [0.1, 0.15) is 0 Å². The first kappa shape index (κ1) is 13.0. The molecule has 0 saturated heterocycles. The summed E-state index contributed by atoms with van der Waals surface area (Å²) >= 11 is 0. The second-order valence-corrected chi connectivity index (χ2v) is 3.28. The summed E-state index contributed by atoms with van der Waals surface area (Å²) in [6, 6.07) is 16.2. The van der Waals surface area contributed by atoms with Gasteiger partial charge in [-0.1, -0.05) is 56.3 Å². The fraction of sp³-hybridized carbons (Fsp3) is 0.133. The number of carbonyl (C=O) groups excluding carboxylic acids is 1. The lowest BCUT2D eigenvalue weighted by atomic mass is 10.0. The molecule has 0 unspecified atom stereocenters. The third kappa shape index (κ3) is 3.18. The van der Waals surface area contributed by atoms with E-state index in [9.17, 15) is 4.79 Å². The highest BCUT2D eigenvalue weighted by Crippen LogP contribution is 2.15. The Labute approximate surface area is 102 Å². The molecule has 2 heteroatoms. The normalized spacial score (nSPS) is 9.06. The van der Waals surface area contributed by atoms with Crippen molar-refractivity contribution in [1.82, 2.24) is 0 Å². The van der Waals surface area contributed by atoms with Crippen molar-refractivity contribution in [3.8, 4) is 0 Å². The number of rotatable bonds is 2. The summed E-state index contributed by atoms with van der Waals surface area (Å²) in [7, 11) is 0. The van der Waals surface area contributed by atoms with E-state index >= 15 is 0 Å². The van der Waals surface area contributed by atoms with E-state index in [4.69, 9.17) is 5.73 Å². The molecule has 88 valence electrons. The van der Waals surface area contributed by atoms with Crippen molar-refractivity contribution >= 4 is 11.5 Å². The fourth-order valence-electron chi connectivity index (χ4n) is 1.45. The van der Waals surface area contributed by atoms with Gasteiger partial charge in [-0.2, -0.15) is 0 Å². The molecule has 0 atom stereocenters. The van der Waals surface area contributed by atoms with E-state index < -0.39 is 0 Å². The van der Waals surface area contributed by atoms with Gasteiger partial charge in [0.15, 0.2) is 5.78 Å². The average Bonchev–Trinajstić information content (AvgIpc) is 2.42. The molecule has 0 saturated carbocycles. The van der Waals surface area contributed by atoms with Gasteiger partial charge in [-0.05, 0) is 12.1 Å². The minimum atomic E-state index is -0.0336. The number of carbonyl (C=O) groups is 1. The fourth-order valence-corrected chi connectivity index (χ4v) is 1.45. The Morgan fingerprint density at radius 1 is 0.882 bits per heavy atom. The van der Waals surface area contributed by atoms with Crippen LogP contribution in [0.3, 0.4) is 0 Å². The monoisotopic (exact) mass is 227 g/mol. The first-order valence-electron chi connectivity index (χ1n) is 5.73. The van der Waals surface area contributed by atoms with Crippen molar-refractivity contribution in [2.24, 2.45) is 0 Å². The van der Waals surface area contributed by atoms with Gasteiger partial charge in [0, 0.05) is 16.8 Å². The predicted molar refractivity (Wildman–Crippen MR) is 72.1 cm³/mol. The standard InChI is InChI=1S/C13H11NO.C2H6/c14-12-9-5-4-8-11(12)13(15)10-6-2-1-3-7-10;1-2/h1-9H,14H2;1-2H3. The highest BCUT2D eigenvalue weighted by Gasteiger charge is 2.10. The molecular weight excluding hydrogens is 210 g/mol. The zero-order chi connectivity index (χ0) is 12.7. The number of hydrogen-bond acceptors (Lipinski definition) is 2. The molecule has 0 radical (unpaired) electrons. The molecule has 0 fully saturated rings. The number of nitrogen functional groups attached to an aromatic ring is 1. The van der Waals surface area contributed by atoms with Crippen LogP contribution in [0.4, 0.5) is 5.69 Å². The van der Waals surface area contributed by atoms with Gasteiger partial charge >= 0.3 is 0 Å². The molecule has 2 N–H and O–H groups in total. The molecule has 2 aromatic carbocycles. The Kier molecular flexibility index (Phi) is 4.95. The van der Waals surface area contributed by atoms with Gasteiger partial charge in [-0.25, -0.2) is 0 Å². The Morgan fingerprint density at radius 2 is 1.41 bits per heavy atom. The Balaban J connectivity index is 0.000000686. The van der Waals surface area contributed by atoms with E-state index in [1.54, 1.807) is 24.3 Å². The van der Waals surface area contributed by atoms with Crippen LogP contribution in [0.5, 0.6) is 0 Å². The lowest BCUT2D eigenvalue weighted by Crippen LogP contribution is -2.04. The van der Waals surface area contributed by atoms with Crippen LogP contribution in [0.15, 0.2) is 54.6 Å². The molecule has 2 aromatic rings. The summed E-state index contributed by atoms with van der Waals surface area (Å²) in [6.45, 7) is 4.00. The second-order valence-electron chi connectivity index (χ2n) is 3.28. The smallest absolute Gasteiger partial charge is 0.195 e. The van der Waals surface area contributed by atoms with E-state index in [1.165, 1.54) is 0 Å². The maximum absolute atomic E-state index is 12.0. The van der Waals surface area contributed by atoms with E-state index in [1.807, 2.05) is 44.2 Å². The summed E-state index contributed by atoms with van der Waals surface area (Å²) in [5.74, 6) is -0.0336. The van der Waals surface area contributed by atoms with Gasteiger partial charge in [0.25, 0.3) is 0 Å². The van der Waals surface area contributed by atoms with Gasteiger partial charge in [0.2, 0.25) is 0 Å². The van der Waals surface area contributed by atoms with E-state index in [0.717, 1.165) is 0 Å². The van der Waals surface area contributed by atoms with Crippen molar-refractivity contribution < 1.29 is 4.79 Å². The van der Waals surface area contributed by atoms with Crippen LogP contribution in [0.2, 0.25) is 0 Å². The molecule has 2 rings (SSSR count). The molecule has 0 bridgehead atoms. The summed E-state index contributed by atoms with van der Waals surface area (Å²) in [5, 5.41) is 0. The number of hydrogen-bond donors (Lipinski definition) is 1. The number of ketones is 1. The number of nitrogens with two attached hydrogens (primary N) is 1. The number of anilines is 1. The van der Waals surface area contributed by atoms with Crippen LogP contribution in [-0.4, -0.2) is 5.78 Å². The summed E-state index contributed by atoms with van der Waals surface area (Å²) in [4.78, 5) is 12.0. The van der Waals surface area contributed by atoms with E-state index in [-0.39, 0.29) is 5.78 Å². The predicted octanol–water partition coefficient (Wildman–Crippen LogP) is 3.53. The highest BCUT2D eigenvalue weighted by molar-refractivity contribution is 6.11. The third-order valence-corrected chi connectivity index (χ3v) is 2.24. The van der Waals surface area contributed by atoms with E-state index in [0.29, 0.717) is 16.8 Å². The maximum Gasteiger partial charge on any atom is 0.195 e. The summed E-state index contributed by atoms with van der Waals surface area (Å²) in [5.41, 5.74) is 7.48. The lowest BCUT2D eigenvalue weighted by Gasteiger charge is -2.03. The molecule has 0 aromatic heterocycles. The number of benzene rings is 2. The van der Waals surface area contributed by atoms with Crippen LogP contribution in [-0.2, 0) is 0 Å². The Hall–Kier alpha value is -2.09. The first-order chi connectivity index (χ1) is 8.29.